The first-order valence-electron chi connectivity index (χ1n) is 7.60. The number of aromatic nitrogens is 2. The fourth-order valence-electron chi connectivity index (χ4n) is 2.54. The van der Waals surface area contributed by atoms with Gasteiger partial charge in [0.25, 0.3) is 0 Å². The number of sulfonamides is 1. The number of aliphatic hydroxyl groups excluding tert-OH is 1. The van der Waals surface area contributed by atoms with Crippen LogP contribution in [-0.4, -0.2) is 35.7 Å². The van der Waals surface area contributed by atoms with Crippen molar-refractivity contribution in [1.29, 1.82) is 0 Å². The second kappa shape index (κ2) is 7.24. The van der Waals surface area contributed by atoms with Crippen LogP contribution in [0.4, 0.5) is 11.6 Å². The largest absolute Gasteiger partial charge is 0.471 e. The summed E-state index contributed by atoms with van der Waals surface area (Å²) in [6.45, 7) is 0. The predicted molar refractivity (Wildman–Crippen MR) is 95.1 cm³/mol. The Morgan fingerprint density at radius 1 is 1.28 bits per heavy atom. The van der Waals surface area contributed by atoms with Gasteiger partial charge in [0, 0.05) is 5.69 Å². The topological polar surface area (TPSA) is 127 Å². The number of aliphatic hydroxyl groups is 1. The van der Waals surface area contributed by atoms with Gasteiger partial charge in [-0.1, -0.05) is 0 Å². The van der Waals surface area contributed by atoms with Crippen LogP contribution in [-0.2, 0) is 10.0 Å². The average molecular weight is 429 g/mol. The number of hydrogen-bond acceptors (Lipinski definition) is 7. The first-order valence-corrected chi connectivity index (χ1v) is 9.94. The third-order valence-electron chi connectivity index (χ3n) is 3.83. The van der Waals surface area contributed by atoms with E-state index in [-0.39, 0.29) is 16.9 Å². The van der Waals surface area contributed by atoms with E-state index in [4.69, 9.17) is 9.88 Å². The van der Waals surface area contributed by atoms with E-state index in [1.807, 2.05) is 0 Å². The molecule has 25 heavy (non-hydrogen) atoms. The summed E-state index contributed by atoms with van der Waals surface area (Å²) in [6.07, 6.45) is 3.17. The first kappa shape index (κ1) is 18.1. The summed E-state index contributed by atoms with van der Waals surface area (Å²) < 4.78 is 28.9. The summed E-state index contributed by atoms with van der Waals surface area (Å²) in [7, 11) is -3.73. The molecule has 1 aliphatic carbocycles. The van der Waals surface area contributed by atoms with Gasteiger partial charge in [-0.2, -0.15) is 4.98 Å². The number of nitrogens with two attached hydrogens (primary N) is 1. The van der Waals surface area contributed by atoms with Crippen molar-refractivity contribution in [3.8, 4) is 5.88 Å². The molecule has 0 amide bonds. The lowest BCUT2D eigenvalue weighted by molar-refractivity contribution is 0.0569. The van der Waals surface area contributed by atoms with Gasteiger partial charge in [0.15, 0.2) is 0 Å². The maximum Gasteiger partial charge on any atom is 0.238 e. The van der Waals surface area contributed by atoms with E-state index in [1.54, 1.807) is 18.3 Å². The number of anilines is 2. The highest BCUT2D eigenvalue weighted by Gasteiger charge is 2.28. The SMILES string of the molecule is NS(=O)(=O)c1ccc(Nc2ncc(Br)c(O[C@@H]3CCC[C@@H]3O)n2)cc1. The molecule has 4 N–H and O–H groups in total. The molecule has 1 heterocycles. The van der Waals surface area contributed by atoms with E-state index < -0.39 is 16.1 Å². The molecule has 8 nitrogen and oxygen atoms in total. The molecule has 0 radical (unpaired) electrons. The zero-order valence-corrected chi connectivity index (χ0v) is 15.5. The molecule has 0 unspecified atom stereocenters. The quantitative estimate of drug-likeness (QED) is 0.663. The zero-order valence-electron chi connectivity index (χ0n) is 13.1. The van der Waals surface area contributed by atoms with Crippen LogP contribution in [0, 0.1) is 0 Å². The first-order chi connectivity index (χ1) is 11.8. The van der Waals surface area contributed by atoms with Crippen LogP contribution in [0.1, 0.15) is 19.3 Å². The van der Waals surface area contributed by atoms with Gasteiger partial charge in [-0.25, -0.2) is 18.5 Å². The predicted octanol–water partition coefficient (Wildman–Crippen LogP) is 1.92. The van der Waals surface area contributed by atoms with Crippen molar-refractivity contribution in [2.45, 2.75) is 36.4 Å². The maximum absolute atomic E-state index is 11.3. The fourth-order valence-corrected chi connectivity index (χ4v) is 3.34. The molecule has 2 atom stereocenters. The van der Waals surface area contributed by atoms with Gasteiger partial charge in [-0.3, -0.25) is 0 Å². The molecule has 1 aromatic heterocycles. The Hall–Kier alpha value is -1.75. The zero-order chi connectivity index (χ0) is 18.0. The van der Waals surface area contributed by atoms with Crippen LogP contribution in [0.2, 0.25) is 0 Å². The molecule has 3 rings (SSSR count). The van der Waals surface area contributed by atoms with Gasteiger partial charge in [0.2, 0.25) is 21.9 Å². The summed E-state index contributed by atoms with van der Waals surface area (Å²) in [6, 6.07) is 5.91. The molecule has 10 heteroatoms. The number of halogens is 1. The lowest BCUT2D eigenvalue weighted by Gasteiger charge is -2.17. The van der Waals surface area contributed by atoms with Gasteiger partial charge in [-0.15, -0.1) is 0 Å². The standard InChI is InChI=1S/C15H17BrN4O4S/c16-11-8-18-15(20-14(11)24-13-3-1-2-12(13)21)19-9-4-6-10(7-5-9)25(17,22)23/h4-8,12-13,21H,1-3H2,(H2,17,22,23)(H,18,19,20)/t12-,13+/m0/s1. The normalized spacial score (nSPS) is 20.4. The molecule has 1 fully saturated rings. The van der Waals surface area contributed by atoms with Gasteiger partial charge in [0.1, 0.15) is 6.10 Å². The number of rotatable bonds is 5. The molecule has 0 bridgehead atoms. The average Bonchev–Trinajstić information content (AvgIpc) is 2.95. The van der Waals surface area contributed by atoms with Crippen LogP contribution in [0.5, 0.6) is 5.88 Å². The Labute approximate surface area is 153 Å². The van der Waals surface area contributed by atoms with Crippen LogP contribution in [0.25, 0.3) is 0 Å². The molecular weight excluding hydrogens is 412 g/mol. The van der Waals surface area contributed by atoms with Gasteiger partial charge >= 0.3 is 0 Å². The Morgan fingerprint density at radius 2 is 2.00 bits per heavy atom. The van der Waals surface area contributed by atoms with E-state index in [0.29, 0.717) is 16.0 Å². The van der Waals surface area contributed by atoms with Crippen LogP contribution < -0.4 is 15.2 Å². The minimum Gasteiger partial charge on any atom is -0.471 e. The summed E-state index contributed by atoms with van der Waals surface area (Å²) in [4.78, 5) is 8.46. The van der Waals surface area contributed by atoms with E-state index in [1.165, 1.54) is 12.1 Å². The molecule has 0 aliphatic heterocycles. The molecule has 134 valence electrons. The summed E-state index contributed by atoms with van der Waals surface area (Å²) in [5.74, 6) is 0.624. The van der Waals surface area contributed by atoms with Crippen molar-refractivity contribution in [3.63, 3.8) is 0 Å². The molecule has 0 saturated heterocycles. The second-order valence-electron chi connectivity index (χ2n) is 5.70. The molecule has 1 aliphatic rings. The maximum atomic E-state index is 11.3. The Bertz CT molecular complexity index is 860. The number of nitrogens with zero attached hydrogens (tertiary/aromatic N) is 2. The highest BCUT2D eigenvalue weighted by molar-refractivity contribution is 9.10. The Balaban J connectivity index is 1.75. The molecular formula is C15H17BrN4O4S. The monoisotopic (exact) mass is 428 g/mol. The van der Waals surface area contributed by atoms with E-state index in [0.717, 1.165) is 19.3 Å². The summed E-state index contributed by atoms with van der Waals surface area (Å²) in [5.41, 5.74) is 0.599. The lowest BCUT2D eigenvalue weighted by atomic mass is 10.3. The summed E-state index contributed by atoms with van der Waals surface area (Å²) >= 11 is 3.33. The van der Waals surface area contributed by atoms with Crippen LogP contribution in [0.15, 0.2) is 39.8 Å². The number of hydrogen-bond donors (Lipinski definition) is 3. The minimum atomic E-state index is -3.73. The number of benzene rings is 1. The van der Waals surface area contributed by atoms with Crippen molar-refractivity contribution >= 4 is 37.6 Å². The van der Waals surface area contributed by atoms with Crippen molar-refractivity contribution in [2.75, 3.05) is 5.32 Å². The molecule has 0 spiro atoms. The van der Waals surface area contributed by atoms with Crippen molar-refractivity contribution in [1.82, 2.24) is 9.97 Å². The van der Waals surface area contributed by atoms with Crippen molar-refractivity contribution in [2.24, 2.45) is 5.14 Å². The highest BCUT2D eigenvalue weighted by atomic mass is 79.9. The molecule has 1 saturated carbocycles. The number of ether oxygens (including phenoxy) is 1. The molecule has 2 aromatic rings. The number of primary sulfonamides is 1. The van der Waals surface area contributed by atoms with E-state index in [9.17, 15) is 13.5 Å². The van der Waals surface area contributed by atoms with E-state index in [2.05, 4.69) is 31.2 Å². The fraction of sp³-hybridized carbons (Fsp3) is 0.333. The Kier molecular flexibility index (Phi) is 5.23. The van der Waals surface area contributed by atoms with E-state index >= 15 is 0 Å². The molecule has 1 aromatic carbocycles. The number of nitrogens with one attached hydrogen (secondary N) is 1. The van der Waals surface area contributed by atoms with Gasteiger partial charge in [-0.05, 0) is 59.5 Å². The van der Waals surface area contributed by atoms with Crippen molar-refractivity contribution in [3.05, 3.63) is 34.9 Å². The minimum absolute atomic E-state index is 0.0222. The third-order valence-corrected chi connectivity index (χ3v) is 5.30. The lowest BCUT2D eigenvalue weighted by Crippen LogP contribution is -2.26. The Morgan fingerprint density at radius 3 is 2.60 bits per heavy atom. The van der Waals surface area contributed by atoms with Crippen molar-refractivity contribution < 1.29 is 18.3 Å². The highest BCUT2D eigenvalue weighted by Crippen LogP contribution is 2.29. The van der Waals surface area contributed by atoms with Crippen LogP contribution in [0.3, 0.4) is 0 Å². The van der Waals surface area contributed by atoms with Crippen LogP contribution >= 0.6 is 15.9 Å². The summed E-state index contributed by atoms with van der Waals surface area (Å²) in [5, 5.41) is 17.9. The van der Waals surface area contributed by atoms with Gasteiger partial charge in [0.05, 0.1) is 21.7 Å². The smallest absolute Gasteiger partial charge is 0.238 e. The second-order valence-corrected chi connectivity index (χ2v) is 8.11. The van der Waals surface area contributed by atoms with Gasteiger partial charge < -0.3 is 15.2 Å². The third kappa shape index (κ3) is 4.46.